The minimum absolute atomic E-state index is 0.0653. The van der Waals surface area contributed by atoms with E-state index in [4.69, 9.17) is 21.1 Å². The van der Waals surface area contributed by atoms with Crippen LogP contribution >= 0.6 is 11.6 Å². The second-order valence-electron chi connectivity index (χ2n) is 5.63. The lowest BCUT2D eigenvalue weighted by molar-refractivity contribution is 0.0927. The highest BCUT2D eigenvalue weighted by atomic mass is 35.5. The van der Waals surface area contributed by atoms with Crippen LogP contribution in [0.3, 0.4) is 0 Å². The van der Waals surface area contributed by atoms with Crippen molar-refractivity contribution in [1.29, 1.82) is 0 Å². The Hall–Kier alpha value is -2.21. The van der Waals surface area contributed by atoms with Crippen LogP contribution in [0, 0.1) is 0 Å². The van der Waals surface area contributed by atoms with Gasteiger partial charge in [-0.3, -0.25) is 4.79 Å². The molecule has 0 saturated carbocycles. The summed E-state index contributed by atoms with van der Waals surface area (Å²) >= 11 is 6.23. The molecule has 7 heteroatoms. The third-order valence-electron chi connectivity index (χ3n) is 4.05. The van der Waals surface area contributed by atoms with Gasteiger partial charge < -0.3 is 19.4 Å². The van der Waals surface area contributed by atoms with Crippen molar-refractivity contribution in [2.45, 2.75) is 32.4 Å². The van der Waals surface area contributed by atoms with Gasteiger partial charge >= 0.3 is 0 Å². The quantitative estimate of drug-likeness (QED) is 0.901. The van der Waals surface area contributed by atoms with Crippen LogP contribution in [0.15, 0.2) is 24.5 Å². The maximum atomic E-state index is 12.6. The van der Waals surface area contributed by atoms with E-state index < -0.39 is 0 Å². The first kappa shape index (κ1) is 16.6. The number of ether oxygens (including phenoxy) is 2. The van der Waals surface area contributed by atoms with E-state index >= 15 is 0 Å². The minimum atomic E-state index is -0.174. The Morgan fingerprint density at radius 2 is 2.33 bits per heavy atom. The standard InChI is InChI=1S/C17H20ClN3O3/c1-3-24-16-13(18)8-11(9-14(16)23-2)17(22)20-12-4-5-15-19-6-7-21(15)10-12/h6-9,12H,3-5,10H2,1-2H3,(H,20,22)/t12-/m1/s1. The average Bonchev–Trinajstić information content (AvgIpc) is 3.04. The molecule has 1 aromatic carbocycles. The molecule has 3 rings (SSSR count). The molecule has 1 N–H and O–H groups in total. The van der Waals surface area contributed by atoms with E-state index in [2.05, 4.69) is 14.9 Å². The van der Waals surface area contributed by atoms with Crippen LogP contribution in [0.1, 0.15) is 29.5 Å². The number of nitrogens with zero attached hydrogens (tertiary/aromatic N) is 2. The zero-order valence-corrected chi connectivity index (χ0v) is 14.5. The lowest BCUT2D eigenvalue weighted by Gasteiger charge is -2.25. The molecule has 0 radical (unpaired) electrons. The fraction of sp³-hybridized carbons (Fsp3) is 0.412. The van der Waals surface area contributed by atoms with Crippen molar-refractivity contribution in [2.75, 3.05) is 13.7 Å². The third-order valence-corrected chi connectivity index (χ3v) is 4.33. The van der Waals surface area contributed by atoms with Crippen molar-refractivity contribution in [3.8, 4) is 11.5 Å². The zero-order valence-electron chi connectivity index (χ0n) is 13.7. The van der Waals surface area contributed by atoms with E-state index in [0.29, 0.717) is 28.7 Å². The third kappa shape index (κ3) is 3.33. The molecule has 24 heavy (non-hydrogen) atoms. The van der Waals surface area contributed by atoms with Crippen LogP contribution in [-0.4, -0.2) is 35.2 Å². The Labute approximate surface area is 145 Å². The summed E-state index contributed by atoms with van der Waals surface area (Å²) in [5.74, 6) is 1.80. The molecule has 2 heterocycles. The van der Waals surface area contributed by atoms with Crippen LogP contribution < -0.4 is 14.8 Å². The average molecular weight is 350 g/mol. The number of carbonyl (C=O) groups is 1. The van der Waals surface area contributed by atoms with Crippen molar-refractivity contribution < 1.29 is 14.3 Å². The molecule has 1 atom stereocenters. The summed E-state index contributed by atoms with van der Waals surface area (Å²) in [6, 6.07) is 3.32. The van der Waals surface area contributed by atoms with E-state index in [1.807, 2.05) is 13.1 Å². The Kier molecular flexibility index (Phi) is 4.94. The first-order valence-electron chi connectivity index (χ1n) is 7.93. The number of halogens is 1. The number of hydrogen-bond acceptors (Lipinski definition) is 4. The predicted octanol–water partition coefficient (Wildman–Crippen LogP) is 2.69. The van der Waals surface area contributed by atoms with Crippen LogP contribution in [0.25, 0.3) is 0 Å². The molecular formula is C17H20ClN3O3. The summed E-state index contributed by atoms with van der Waals surface area (Å²) in [5, 5.41) is 3.42. The SMILES string of the molecule is CCOc1c(Cl)cc(C(=O)N[C@@H]2CCc3nccn3C2)cc1OC. The summed E-state index contributed by atoms with van der Waals surface area (Å²) in [7, 11) is 1.53. The van der Waals surface area contributed by atoms with E-state index in [1.54, 1.807) is 18.3 Å². The Balaban J connectivity index is 1.74. The molecular weight excluding hydrogens is 330 g/mol. The molecule has 0 aliphatic carbocycles. The largest absolute Gasteiger partial charge is 0.493 e. The number of hydrogen-bond donors (Lipinski definition) is 1. The summed E-state index contributed by atoms with van der Waals surface area (Å²) in [6.45, 7) is 3.06. The number of aromatic nitrogens is 2. The van der Waals surface area contributed by atoms with Gasteiger partial charge in [0.15, 0.2) is 11.5 Å². The number of carbonyl (C=O) groups excluding carboxylic acids is 1. The Morgan fingerprint density at radius 3 is 3.08 bits per heavy atom. The summed E-state index contributed by atoms with van der Waals surface area (Å²) in [4.78, 5) is 16.9. The highest BCUT2D eigenvalue weighted by Crippen LogP contribution is 2.36. The molecule has 128 valence electrons. The first-order valence-corrected chi connectivity index (χ1v) is 8.31. The van der Waals surface area contributed by atoms with Crippen molar-refractivity contribution in [3.05, 3.63) is 40.9 Å². The molecule has 0 unspecified atom stereocenters. The van der Waals surface area contributed by atoms with Crippen LogP contribution in [-0.2, 0) is 13.0 Å². The maximum absolute atomic E-state index is 12.6. The molecule has 0 fully saturated rings. The van der Waals surface area contributed by atoms with Crippen molar-refractivity contribution in [3.63, 3.8) is 0 Å². The van der Waals surface area contributed by atoms with E-state index in [1.165, 1.54) is 7.11 Å². The predicted molar refractivity (Wildman–Crippen MR) is 91.0 cm³/mol. The molecule has 2 aromatic rings. The number of nitrogens with one attached hydrogen (secondary N) is 1. The molecule has 1 aromatic heterocycles. The van der Waals surface area contributed by atoms with E-state index in [-0.39, 0.29) is 11.9 Å². The molecule has 0 saturated heterocycles. The monoisotopic (exact) mass is 349 g/mol. The second kappa shape index (κ2) is 7.13. The normalized spacial score (nSPS) is 16.4. The van der Waals surface area contributed by atoms with Gasteiger partial charge in [-0.25, -0.2) is 4.98 Å². The fourth-order valence-electron chi connectivity index (χ4n) is 2.89. The zero-order chi connectivity index (χ0) is 17.1. The van der Waals surface area contributed by atoms with Gasteiger partial charge in [0, 0.05) is 37.0 Å². The van der Waals surface area contributed by atoms with E-state index in [0.717, 1.165) is 25.2 Å². The van der Waals surface area contributed by atoms with Gasteiger partial charge in [0.05, 0.1) is 18.7 Å². The highest BCUT2D eigenvalue weighted by molar-refractivity contribution is 6.32. The van der Waals surface area contributed by atoms with Crippen molar-refractivity contribution in [1.82, 2.24) is 14.9 Å². The summed E-state index contributed by atoms with van der Waals surface area (Å²) in [5.41, 5.74) is 0.455. The second-order valence-corrected chi connectivity index (χ2v) is 6.03. The van der Waals surface area contributed by atoms with Gasteiger partial charge in [0.1, 0.15) is 5.82 Å². The van der Waals surface area contributed by atoms with Gasteiger partial charge in [-0.15, -0.1) is 0 Å². The topological polar surface area (TPSA) is 65.4 Å². The Bertz CT molecular complexity index is 745. The number of amides is 1. The number of methoxy groups -OCH3 is 1. The maximum Gasteiger partial charge on any atom is 0.251 e. The number of fused-ring (bicyclic) bond motifs is 1. The van der Waals surface area contributed by atoms with Crippen molar-refractivity contribution in [2.24, 2.45) is 0 Å². The highest BCUT2D eigenvalue weighted by Gasteiger charge is 2.22. The number of rotatable bonds is 5. The van der Waals surface area contributed by atoms with Gasteiger partial charge in [0.25, 0.3) is 5.91 Å². The molecule has 0 bridgehead atoms. The number of imidazole rings is 1. The van der Waals surface area contributed by atoms with E-state index in [9.17, 15) is 4.79 Å². The molecule has 1 aliphatic heterocycles. The lowest BCUT2D eigenvalue weighted by Crippen LogP contribution is -2.40. The molecule has 1 amide bonds. The van der Waals surface area contributed by atoms with Crippen LogP contribution in [0.4, 0.5) is 0 Å². The molecule has 6 nitrogen and oxygen atoms in total. The smallest absolute Gasteiger partial charge is 0.251 e. The molecule has 0 spiro atoms. The van der Waals surface area contributed by atoms with Gasteiger partial charge in [-0.2, -0.15) is 0 Å². The molecule has 1 aliphatic rings. The fourth-order valence-corrected chi connectivity index (χ4v) is 3.15. The van der Waals surface area contributed by atoms with Crippen LogP contribution in [0.5, 0.6) is 11.5 Å². The van der Waals surface area contributed by atoms with Gasteiger partial charge in [0.2, 0.25) is 0 Å². The van der Waals surface area contributed by atoms with Crippen LogP contribution in [0.2, 0.25) is 5.02 Å². The van der Waals surface area contributed by atoms with Gasteiger partial charge in [-0.1, -0.05) is 11.6 Å². The van der Waals surface area contributed by atoms with Gasteiger partial charge in [-0.05, 0) is 25.5 Å². The first-order chi connectivity index (χ1) is 11.6. The minimum Gasteiger partial charge on any atom is -0.493 e. The summed E-state index contributed by atoms with van der Waals surface area (Å²) in [6.07, 6.45) is 5.44. The number of aryl methyl sites for hydroxylation is 1. The number of benzene rings is 1. The lowest BCUT2D eigenvalue weighted by atomic mass is 10.1. The van der Waals surface area contributed by atoms with Crippen molar-refractivity contribution >= 4 is 17.5 Å². The Morgan fingerprint density at radius 1 is 1.50 bits per heavy atom. The summed E-state index contributed by atoms with van der Waals surface area (Å²) < 4.78 is 12.8.